The molecule has 2 rings (SSSR count). The van der Waals surface area contributed by atoms with Crippen LogP contribution < -0.4 is 10.6 Å². The molecule has 1 aromatic heterocycles. The van der Waals surface area contributed by atoms with Gasteiger partial charge in [0, 0.05) is 31.7 Å². The number of hydrogen-bond acceptors (Lipinski definition) is 5. The van der Waals surface area contributed by atoms with Gasteiger partial charge in [0.25, 0.3) is 0 Å². The lowest BCUT2D eigenvalue weighted by molar-refractivity contribution is -0.0165. The van der Waals surface area contributed by atoms with Crippen LogP contribution in [0, 0.1) is 0 Å². The highest BCUT2D eigenvalue weighted by molar-refractivity contribution is 5.73. The molecule has 1 aromatic rings. The number of carbonyl (C=O) groups is 1. The Hall–Kier alpha value is -1.67. The van der Waals surface area contributed by atoms with E-state index in [0.29, 0.717) is 13.1 Å². The van der Waals surface area contributed by atoms with Gasteiger partial charge in [0.05, 0.1) is 19.8 Å². The zero-order valence-electron chi connectivity index (χ0n) is 14.3. The van der Waals surface area contributed by atoms with Gasteiger partial charge in [0.15, 0.2) is 5.82 Å². The van der Waals surface area contributed by atoms with E-state index in [1.54, 1.807) is 6.33 Å². The minimum absolute atomic E-state index is 0.0510. The summed E-state index contributed by atoms with van der Waals surface area (Å²) in [4.78, 5) is 14.5. The molecule has 2 heterocycles. The van der Waals surface area contributed by atoms with Crippen molar-refractivity contribution in [1.82, 2.24) is 30.3 Å². The van der Waals surface area contributed by atoms with Crippen LogP contribution in [0.25, 0.3) is 0 Å². The van der Waals surface area contributed by atoms with Crippen LogP contribution >= 0.6 is 0 Å². The van der Waals surface area contributed by atoms with Crippen LogP contribution in [0.3, 0.4) is 0 Å². The number of urea groups is 1. The molecule has 0 bridgehead atoms. The maximum absolute atomic E-state index is 12.1. The van der Waals surface area contributed by atoms with Crippen LogP contribution in [0.1, 0.15) is 33.0 Å². The molecule has 0 spiro atoms. The lowest BCUT2D eigenvalue weighted by atomic mass is 9.95. The Morgan fingerprint density at radius 2 is 2.09 bits per heavy atom. The summed E-state index contributed by atoms with van der Waals surface area (Å²) in [6.45, 7) is 11.5. The van der Waals surface area contributed by atoms with Gasteiger partial charge in [-0.15, -0.1) is 10.2 Å². The number of aromatic nitrogens is 3. The van der Waals surface area contributed by atoms with Gasteiger partial charge in [0.1, 0.15) is 6.33 Å². The predicted molar refractivity (Wildman–Crippen MR) is 87.0 cm³/mol. The van der Waals surface area contributed by atoms with E-state index in [1.165, 1.54) is 0 Å². The van der Waals surface area contributed by atoms with Crippen LogP contribution in [0.4, 0.5) is 4.79 Å². The molecule has 8 heteroatoms. The normalized spacial score (nSPS) is 18.4. The van der Waals surface area contributed by atoms with E-state index in [1.807, 2.05) is 11.5 Å². The van der Waals surface area contributed by atoms with E-state index in [4.69, 9.17) is 4.74 Å². The summed E-state index contributed by atoms with van der Waals surface area (Å²) in [6, 6.07) is -0.177. The molecule has 0 saturated carbocycles. The Morgan fingerprint density at radius 1 is 1.35 bits per heavy atom. The van der Waals surface area contributed by atoms with Gasteiger partial charge >= 0.3 is 6.03 Å². The zero-order chi connectivity index (χ0) is 16.7. The summed E-state index contributed by atoms with van der Waals surface area (Å²) < 4.78 is 7.32. The van der Waals surface area contributed by atoms with Gasteiger partial charge < -0.3 is 19.9 Å². The Bertz CT molecular complexity index is 500. The summed E-state index contributed by atoms with van der Waals surface area (Å²) >= 11 is 0. The third-order valence-corrected chi connectivity index (χ3v) is 4.61. The van der Waals surface area contributed by atoms with Crippen LogP contribution in [0.15, 0.2) is 6.33 Å². The molecular weight excluding hydrogens is 296 g/mol. The molecule has 0 aromatic carbocycles. The number of morpholine rings is 1. The lowest BCUT2D eigenvalue weighted by Crippen LogP contribution is -2.57. The van der Waals surface area contributed by atoms with Crippen molar-refractivity contribution in [2.75, 3.05) is 32.8 Å². The number of hydrogen-bond donors (Lipinski definition) is 2. The number of rotatable bonds is 7. The van der Waals surface area contributed by atoms with Gasteiger partial charge in [-0.05, 0) is 20.3 Å². The van der Waals surface area contributed by atoms with Crippen molar-refractivity contribution in [1.29, 1.82) is 0 Å². The van der Waals surface area contributed by atoms with Gasteiger partial charge in [-0.1, -0.05) is 6.92 Å². The van der Waals surface area contributed by atoms with E-state index in [9.17, 15) is 4.79 Å². The van der Waals surface area contributed by atoms with E-state index in [0.717, 1.165) is 45.1 Å². The highest BCUT2D eigenvalue weighted by Crippen LogP contribution is 2.19. The maximum atomic E-state index is 12.1. The molecule has 23 heavy (non-hydrogen) atoms. The van der Waals surface area contributed by atoms with Gasteiger partial charge in [-0.3, -0.25) is 4.90 Å². The fourth-order valence-electron chi connectivity index (χ4n) is 2.74. The van der Waals surface area contributed by atoms with Crippen molar-refractivity contribution >= 4 is 6.03 Å². The predicted octanol–water partition coefficient (Wildman–Crippen LogP) is 0.598. The second-order valence-corrected chi connectivity index (χ2v) is 6.02. The molecule has 1 aliphatic rings. The first-order chi connectivity index (χ1) is 11.1. The molecule has 1 unspecified atom stereocenters. The molecule has 2 amide bonds. The molecule has 1 fully saturated rings. The van der Waals surface area contributed by atoms with Crippen molar-refractivity contribution in [3.63, 3.8) is 0 Å². The third kappa shape index (κ3) is 4.65. The van der Waals surface area contributed by atoms with Crippen LogP contribution in [0.2, 0.25) is 0 Å². The van der Waals surface area contributed by atoms with Gasteiger partial charge in [-0.2, -0.15) is 0 Å². The quantitative estimate of drug-likeness (QED) is 0.767. The first-order valence-corrected chi connectivity index (χ1v) is 8.30. The first kappa shape index (κ1) is 17.7. The number of ether oxygens (including phenoxy) is 1. The average Bonchev–Trinajstić information content (AvgIpc) is 3.06. The van der Waals surface area contributed by atoms with Gasteiger partial charge in [-0.25, -0.2) is 4.79 Å². The maximum Gasteiger partial charge on any atom is 0.315 e. The number of amides is 2. The monoisotopic (exact) mass is 324 g/mol. The lowest BCUT2D eigenvalue weighted by Gasteiger charge is -2.43. The largest absolute Gasteiger partial charge is 0.379 e. The molecule has 0 aliphatic carbocycles. The first-order valence-electron chi connectivity index (χ1n) is 8.30. The van der Waals surface area contributed by atoms with Gasteiger partial charge in [0.2, 0.25) is 0 Å². The van der Waals surface area contributed by atoms with E-state index in [-0.39, 0.29) is 11.6 Å². The molecule has 1 saturated heterocycles. The Morgan fingerprint density at radius 3 is 2.74 bits per heavy atom. The molecule has 0 radical (unpaired) electrons. The van der Waals surface area contributed by atoms with E-state index in [2.05, 4.69) is 39.6 Å². The van der Waals surface area contributed by atoms with Crippen molar-refractivity contribution in [3.8, 4) is 0 Å². The summed E-state index contributed by atoms with van der Waals surface area (Å²) in [5.74, 6) is 0.758. The molecule has 8 nitrogen and oxygen atoms in total. The summed E-state index contributed by atoms with van der Waals surface area (Å²) in [6.07, 6.45) is 2.64. The smallest absolute Gasteiger partial charge is 0.315 e. The average molecular weight is 324 g/mol. The summed E-state index contributed by atoms with van der Waals surface area (Å²) in [5.41, 5.74) is -0.0510. The number of carbonyl (C=O) groups excluding carboxylic acids is 1. The van der Waals surface area contributed by atoms with Crippen molar-refractivity contribution < 1.29 is 9.53 Å². The Kier molecular flexibility index (Phi) is 6.35. The zero-order valence-corrected chi connectivity index (χ0v) is 14.3. The van der Waals surface area contributed by atoms with E-state index < -0.39 is 0 Å². The topological polar surface area (TPSA) is 84.3 Å². The van der Waals surface area contributed by atoms with Crippen LogP contribution in [-0.2, 0) is 17.8 Å². The standard InChI is InChI=1S/C15H28N6O2/c1-4-15(3,21-6-8-23-9-7-21)11-17-14(22)16-10-13-19-18-12-20(13)5-2/h12H,4-11H2,1-3H3,(H2,16,17,22). The molecule has 1 atom stereocenters. The second-order valence-electron chi connectivity index (χ2n) is 6.02. The number of nitrogens with one attached hydrogen (secondary N) is 2. The minimum Gasteiger partial charge on any atom is -0.379 e. The fraction of sp³-hybridized carbons (Fsp3) is 0.800. The summed E-state index contributed by atoms with van der Waals surface area (Å²) in [7, 11) is 0. The molecule has 1 aliphatic heterocycles. The van der Waals surface area contributed by atoms with Crippen LogP contribution in [0.5, 0.6) is 0 Å². The van der Waals surface area contributed by atoms with Crippen molar-refractivity contribution in [3.05, 3.63) is 12.2 Å². The van der Waals surface area contributed by atoms with E-state index >= 15 is 0 Å². The van der Waals surface area contributed by atoms with Crippen molar-refractivity contribution in [2.45, 2.75) is 45.8 Å². The highest BCUT2D eigenvalue weighted by Gasteiger charge is 2.31. The molecule has 2 N–H and O–H groups in total. The Balaban J connectivity index is 1.80. The second kappa shape index (κ2) is 8.26. The number of aryl methyl sites for hydroxylation is 1. The number of nitrogens with zero attached hydrogens (tertiary/aromatic N) is 4. The fourth-order valence-corrected chi connectivity index (χ4v) is 2.74. The summed E-state index contributed by atoms with van der Waals surface area (Å²) in [5, 5.41) is 13.7. The third-order valence-electron chi connectivity index (χ3n) is 4.61. The molecule has 130 valence electrons. The molecular formula is C15H28N6O2. The van der Waals surface area contributed by atoms with Crippen molar-refractivity contribution in [2.24, 2.45) is 0 Å². The Labute approximate surface area is 137 Å². The SMILES string of the molecule is CCn1cnnc1CNC(=O)NCC(C)(CC)N1CCOCC1. The highest BCUT2D eigenvalue weighted by atomic mass is 16.5. The van der Waals surface area contributed by atoms with Crippen LogP contribution in [-0.4, -0.2) is 64.1 Å². The minimum atomic E-state index is -0.177.